The minimum atomic E-state index is -4.26. The highest BCUT2D eigenvalue weighted by atomic mass is 19.4. The summed E-state index contributed by atoms with van der Waals surface area (Å²) >= 11 is 0. The minimum absolute atomic E-state index is 0.157. The van der Waals surface area contributed by atoms with E-state index in [1.165, 1.54) is 25.0 Å². The fourth-order valence-corrected chi connectivity index (χ4v) is 2.68. The number of nitrogens with one attached hydrogen (secondary N) is 1. The molecule has 112 valence electrons. The Kier molecular flexibility index (Phi) is 4.74. The molecule has 1 aliphatic carbocycles. The largest absolute Gasteiger partial charge is 0.416 e. The molecule has 20 heavy (non-hydrogen) atoms. The summed E-state index contributed by atoms with van der Waals surface area (Å²) in [6.45, 7) is 5.18. The molecular formula is C16H22F3N. The Hall–Kier alpha value is -1.03. The van der Waals surface area contributed by atoms with Gasteiger partial charge in [-0.05, 0) is 55.3 Å². The summed E-state index contributed by atoms with van der Waals surface area (Å²) in [7, 11) is 0. The van der Waals surface area contributed by atoms with Crippen LogP contribution >= 0.6 is 0 Å². The van der Waals surface area contributed by atoms with Crippen LogP contribution in [0.25, 0.3) is 0 Å². The van der Waals surface area contributed by atoms with Crippen LogP contribution in [0.5, 0.6) is 0 Å². The summed E-state index contributed by atoms with van der Waals surface area (Å²) in [5.41, 5.74) is 0.389. The van der Waals surface area contributed by atoms with Gasteiger partial charge in [-0.2, -0.15) is 13.2 Å². The molecule has 0 heterocycles. The van der Waals surface area contributed by atoms with Crippen molar-refractivity contribution in [3.8, 4) is 0 Å². The second-order valence-electron chi connectivity index (χ2n) is 5.75. The number of hydrogen-bond acceptors (Lipinski definition) is 1. The molecule has 1 nitrogen and oxygen atoms in total. The van der Waals surface area contributed by atoms with Gasteiger partial charge in [-0.3, -0.25) is 0 Å². The Morgan fingerprint density at radius 1 is 1.20 bits per heavy atom. The Morgan fingerprint density at radius 2 is 1.80 bits per heavy atom. The minimum Gasteiger partial charge on any atom is -0.310 e. The summed E-state index contributed by atoms with van der Waals surface area (Å²) in [4.78, 5) is 0. The third kappa shape index (κ3) is 3.75. The van der Waals surface area contributed by atoms with Crippen LogP contribution in [0, 0.1) is 11.8 Å². The lowest BCUT2D eigenvalue weighted by molar-refractivity contribution is -0.137. The van der Waals surface area contributed by atoms with Crippen molar-refractivity contribution in [3.63, 3.8) is 0 Å². The molecule has 2 rings (SSSR count). The first kappa shape index (κ1) is 15.4. The van der Waals surface area contributed by atoms with Crippen LogP contribution in [0.3, 0.4) is 0 Å². The summed E-state index contributed by atoms with van der Waals surface area (Å²) < 4.78 is 37.8. The average Bonchev–Trinajstić information content (AvgIpc) is 3.23. The lowest BCUT2D eigenvalue weighted by Gasteiger charge is -2.26. The van der Waals surface area contributed by atoms with Crippen molar-refractivity contribution in [1.29, 1.82) is 0 Å². The zero-order valence-electron chi connectivity index (χ0n) is 12.0. The number of hydrogen-bond donors (Lipinski definition) is 1. The standard InChI is InChI=1S/C16H22F3N/c1-3-10-20-15(11(2)12-4-5-12)13-6-8-14(9-7-13)16(17,18)19/h6-9,11-12,15,20H,3-5,10H2,1-2H3. The van der Waals surface area contributed by atoms with Crippen LogP contribution in [0.2, 0.25) is 0 Å². The van der Waals surface area contributed by atoms with Crippen molar-refractivity contribution in [2.75, 3.05) is 6.54 Å². The van der Waals surface area contributed by atoms with E-state index in [2.05, 4.69) is 19.2 Å². The quantitative estimate of drug-likeness (QED) is 0.792. The highest BCUT2D eigenvalue weighted by Gasteiger charge is 2.34. The molecule has 1 aliphatic rings. The Bertz CT molecular complexity index is 420. The van der Waals surface area contributed by atoms with Gasteiger partial charge in [0.1, 0.15) is 0 Å². The van der Waals surface area contributed by atoms with Crippen molar-refractivity contribution >= 4 is 0 Å². The topological polar surface area (TPSA) is 12.0 Å². The maximum atomic E-state index is 12.6. The van der Waals surface area contributed by atoms with E-state index in [1.54, 1.807) is 12.1 Å². The maximum Gasteiger partial charge on any atom is 0.416 e. The van der Waals surface area contributed by atoms with Crippen molar-refractivity contribution in [1.82, 2.24) is 5.32 Å². The van der Waals surface area contributed by atoms with Gasteiger partial charge in [0.15, 0.2) is 0 Å². The second kappa shape index (κ2) is 6.17. The van der Waals surface area contributed by atoms with Crippen LogP contribution in [-0.4, -0.2) is 6.54 Å². The van der Waals surface area contributed by atoms with E-state index in [0.717, 1.165) is 18.5 Å². The molecule has 1 fully saturated rings. The summed E-state index contributed by atoms with van der Waals surface area (Å²) in [5, 5.41) is 3.48. The van der Waals surface area contributed by atoms with Crippen molar-refractivity contribution in [3.05, 3.63) is 35.4 Å². The van der Waals surface area contributed by atoms with E-state index in [4.69, 9.17) is 0 Å². The van der Waals surface area contributed by atoms with Gasteiger partial charge < -0.3 is 5.32 Å². The first-order valence-corrected chi connectivity index (χ1v) is 7.34. The van der Waals surface area contributed by atoms with E-state index in [9.17, 15) is 13.2 Å². The predicted octanol–water partition coefficient (Wildman–Crippen LogP) is 4.79. The number of benzene rings is 1. The zero-order chi connectivity index (χ0) is 14.8. The van der Waals surface area contributed by atoms with Gasteiger partial charge >= 0.3 is 6.18 Å². The molecule has 0 saturated heterocycles. The van der Waals surface area contributed by atoms with E-state index in [-0.39, 0.29) is 6.04 Å². The summed E-state index contributed by atoms with van der Waals surface area (Å²) in [6, 6.07) is 5.78. The number of halogens is 3. The fourth-order valence-electron chi connectivity index (χ4n) is 2.68. The van der Waals surface area contributed by atoms with E-state index in [0.29, 0.717) is 11.8 Å². The third-order valence-electron chi connectivity index (χ3n) is 4.10. The molecule has 0 bridgehead atoms. The monoisotopic (exact) mass is 285 g/mol. The molecule has 0 spiro atoms. The van der Waals surface area contributed by atoms with E-state index >= 15 is 0 Å². The van der Waals surface area contributed by atoms with E-state index < -0.39 is 11.7 Å². The second-order valence-corrected chi connectivity index (χ2v) is 5.75. The normalized spacial score (nSPS) is 18.9. The molecule has 0 radical (unpaired) electrons. The van der Waals surface area contributed by atoms with E-state index in [1.807, 2.05) is 0 Å². The smallest absolute Gasteiger partial charge is 0.310 e. The number of alkyl halides is 3. The SMILES string of the molecule is CCCNC(c1ccc(C(F)(F)F)cc1)C(C)C1CC1. The van der Waals surface area contributed by atoms with Gasteiger partial charge in [-0.1, -0.05) is 26.0 Å². The van der Waals surface area contributed by atoms with Crippen LogP contribution in [-0.2, 0) is 6.18 Å². The van der Waals surface area contributed by atoms with Crippen molar-refractivity contribution in [2.45, 2.75) is 45.3 Å². The zero-order valence-corrected chi connectivity index (χ0v) is 12.0. The van der Waals surface area contributed by atoms with Crippen LogP contribution in [0.15, 0.2) is 24.3 Å². The number of rotatable bonds is 6. The van der Waals surface area contributed by atoms with Gasteiger partial charge in [0.25, 0.3) is 0 Å². The average molecular weight is 285 g/mol. The van der Waals surface area contributed by atoms with Gasteiger partial charge in [0.2, 0.25) is 0 Å². The van der Waals surface area contributed by atoms with Crippen LogP contribution in [0.4, 0.5) is 13.2 Å². The predicted molar refractivity (Wildman–Crippen MR) is 74.4 cm³/mol. The van der Waals surface area contributed by atoms with Gasteiger partial charge in [0, 0.05) is 6.04 Å². The highest BCUT2D eigenvalue weighted by Crippen LogP contribution is 2.43. The molecule has 0 amide bonds. The molecule has 2 unspecified atom stereocenters. The lowest BCUT2D eigenvalue weighted by atomic mass is 9.90. The molecule has 1 aromatic rings. The molecular weight excluding hydrogens is 263 g/mol. The Labute approximate surface area is 118 Å². The Balaban J connectivity index is 2.15. The molecule has 1 N–H and O–H groups in total. The molecule has 4 heteroatoms. The maximum absolute atomic E-state index is 12.6. The lowest BCUT2D eigenvalue weighted by Crippen LogP contribution is -2.28. The van der Waals surface area contributed by atoms with Crippen molar-refractivity contribution < 1.29 is 13.2 Å². The van der Waals surface area contributed by atoms with Crippen LogP contribution < -0.4 is 5.32 Å². The molecule has 1 saturated carbocycles. The Morgan fingerprint density at radius 3 is 2.25 bits per heavy atom. The molecule has 0 aromatic heterocycles. The van der Waals surface area contributed by atoms with Crippen LogP contribution in [0.1, 0.15) is 50.3 Å². The fraction of sp³-hybridized carbons (Fsp3) is 0.625. The first-order valence-electron chi connectivity index (χ1n) is 7.34. The summed E-state index contributed by atoms with van der Waals surface area (Å²) in [6.07, 6.45) is -0.750. The third-order valence-corrected chi connectivity index (χ3v) is 4.10. The molecule has 0 aliphatic heterocycles. The van der Waals surface area contributed by atoms with Gasteiger partial charge in [-0.25, -0.2) is 0 Å². The molecule has 2 atom stereocenters. The highest BCUT2D eigenvalue weighted by molar-refractivity contribution is 5.27. The van der Waals surface area contributed by atoms with Gasteiger partial charge in [-0.15, -0.1) is 0 Å². The summed E-state index contributed by atoms with van der Waals surface area (Å²) in [5.74, 6) is 1.19. The van der Waals surface area contributed by atoms with Gasteiger partial charge in [0.05, 0.1) is 5.56 Å². The first-order chi connectivity index (χ1) is 9.43. The van der Waals surface area contributed by atoms with Crippen molar-refractivity contribution in [2.24, 2.45) is 11.8 Å². The molecule has 1 aromatic carbocycles.